The average Bonchev–Trinajstić information content (AvgIpc) is 3.06. The molecule has 130 valence electrons. The van der Waals surface area contributed by atoms with Crippen molar-refractivity contribution in [2.45, 2.75) is 64.0 Å². The van der Waals surface area contributed by atoms with E-state index < -0.39 is 0 Å². The molecule has 0 saturated heterocycles. The molecule has 2 aromatic heterocycles. The van der Waals surface area contributed by atoms with Crippen LogP contribution in [-0.2, 0) is 11.2 Å². The number of rotatable bonds is 6. The van der Waals surface area contributed by atoms with Crippen LogP contribution < -0.4 is 5.73 Å². The normalized spacial score (nSPS) is 24.2. The first-order chi connectivity index (χ1) is 11.7. The van der Waals surface area contributed by atoms with E-state index >= 15 is 0 Å². The second kappa shape index (κ2) is 7.85. The molecule has 0 spiro atoms. The first-order valence-electron chi connectivity index (χ1n) is 8.97. The lowest BCUT2D eigenvalue weighted by Crippen LogP contribution is -2.42. The lowest BCUT2D eigenvalue weighted by Gasteiger charge is -2.33. The van der Waals surface area contributed by atoms with Crippen molar-refractivity contribution in [1.29, 1.82) is 0 Å². The maximum absolute atomic E-state index is 6.26. The molecule has 2 heterocycles. The fourth-order valence-electron chi connectivity index (χ4n) is 3.28. The molecule has 3 rings (SSSR count). The highest BCUT2D eigenvalue weighted by atomic mass is 16.5. The summed E-state index contributed by atoms with van der Waals surface area (Å²) in [5, 5.41) is 4.65. The third-order valence-electron chi connectivity index (χ3n) is 4.60. The molecule has 0 aromatic carbocycles. The van der Waals surface area contributed by atoms with E-state index in [9.17, 15) is 0 Å². The zero-order valence-electron chi connectivity index (χ0n) is 14.6. The molecule has 1 aliphatic rings. The van der Waals surface area contributed by atoms with Gasteiger partial charge in [0.05, 0.1) is 6.10 Å². The van der Waals surface area contributed by atoms with Crippen molar-refractivity contribution < 1.29 is 4.74 Å². The van der Waals surface area contributed by atoms with Crippen molar-refractivity contribution in [2.24, 2.45) is 5.73 Å². The Balaban J connectivity index is 1.87. The van der Waals surface area contributed by atoms with Crippen molar-refractivity contribution in [1.82, 2.24) is 19.7 Å². The molecule has 0 bridgehead atoms. The number of ether oxygens (including phenoxy) is 1. The molecule has 3 atom stereocenters. The molecule has 0 aliphatic heterocycles. The molecule has 2 N–H and O–H groups in total. The topological polar surface area (TPSA) is 78.9 Å². The van der Waals surface area contributed by atoms with Gasteiger partial charge in [0.1, 0.15) is 5.82 Å². The Kier molecular flexibility index (Phi) is 5.58. The molecule has 2 aromatic rings. The van der Waals surface area contributed by atoms with E-state index in [-0.39, 0.29) is 12.1 Å². The van der Waals surface area contributed by atoms with Crippen LogP contribution in [0.5, 0.6) is 0 Å². The minimum absolute atomic E-state index is 0.0997. The lowest BCUT2D eigenvalue weighted by molar-refractivity contribution is 0.00882. The summed E-state index contributed by atoms with van der Waals surface area (Å²) in [6, 6.07) is 5.97. The van der Waals surface area contributed by atoms with Gasteiger partial charge in [-0.15, -0.1) is 5.10 Å². The number of nitrogens with zero attached hydrogens (tertiary/aromatic N) is 4. The minimum atomic E-state index is 0.0997. The summed E-state index contributed by atoms with van der Waals surface area (Å²) in [6.07, 6.45) is 6.58. The van der Waals surface area contributed by atoms with Gasteiger partial charge in [-0.2, -0.15) is 4.68 Å². The van der Waals surface area contributed by atoms with Crippen LogP contribution in [0.15, 0.2) is 24.4 Å². The summed E-state index contributed by atoms with van der Waals surface area (Å²) in [6.45, 7) is 4.96. The van der Waals surface area contributed by atoms with Crippen molar-refractivity contribution in [3.63, 3.8) is 0 Å². The number of hydrogen-bond donors (Lipinski definition) is 1. The Labute approximate surface area is 143 Å². The Morgan fingerprint density at radius 1 is 1.29 bits per heavy atom. The smallest absolute Gasteiger partial charge is 0.155 e. The average molecular weight is 329 g/mol. The van der Waals surface area contributed by atoms with E-state index in [1.165, 1.54) is 0 Å². The van der Waals surface area contributed by atoms with Crippen molar-refractivity contribution in [3.05, 3.63) is 36.0 Å². The molecule has 1 saturated carbocycles. The lowest BCUT2D eigenvalue weighted by atomic mass is 9.83. The van der Waals surface area contributed by atoms with Crippen LogP contribution in [0, 0.1) is 0 Å². The van der Waals surface area contributed by atoms with E-state index in [1.807, 2.05) is 22.9 Å². The number of pyridine rings is 1. The summed E-state index contributed by atoms with van der Waals surface area (Å²) in [7, 11) is 0. The van der Waals surface area contributed by atoms with Crippen molar-refractivity contribution >= 4 is 0 Å². The fourth-order valence-corrected chi connectivity index (χ4v) is 3.28. The zero-order valence-corrected chi connectivity index (χ0v) is 14.6. The van der Waals surface area contributed by atoms with Crippen LogP contribution in [0.1, 0.15) is 57.1 Å². The highest BCUT2D eigenvalue weighted by Gasteiger charge is 2.33. The summed E-state index contributed by atoms with van der Waals surface area (Å²) in [5.41, 5.74) is 6.26. The maximum Gasteiger partial charge on any atom is 0.155 e. The van der Waals surface area contributed by atoms with Crippen LogP contribution in [-0.4, -0.2) is 38.5 Å². The van der Waals surface area contributed by atoms with Crippen molar-refractivity contribution in [3.8, 4) is 5.82 Å². The van der Waals surface area contributed by atoms with Gasteiger partial charge >= 0.3 is 0 Å². The van der Waals surface area contributed by atoms with E-state index in [1.54, 1.807) is 6.20 Å². The molecule has 0 radical (unpaired) electrons. The third-order valence-corrected chi connectivity index (χ3v) is 4.60. The van der Waals surface area contributed by atoms with E-state index in [0.717, 1.165) is 56.2 Å². The van der Waals surface area contributed by atoms with Crippen LogP contribution in [0.4, 0.5) is 0 Å². The summed E-state index contributed by atoms with van der Waals surface area (Å²) < 4.78 is 7.88. The van der Waals surface area contributed by atoms with Gasteiger partial charge in [0.15, 0.2) is 11.6 Å². The van der Waals surface area contributed by atoms with Gasteiger partial charge < -0.3 is 10.5 Å². The van der Waals surface area contributed by atoms with Gasteiger partial charge in [-0.05, 0) is 37.8 Å². The number of nitrogens with two attached hydrogens (primary N) is 1. The number of aromatic nitrogens is 4. The van der Waals surface area contributed by atoms with E-state index in [0.29, 0.717) is 5.92 Å². The SMILES string of the molecule is CCCO[C@@H]1C[C@@H](c2nc(CC)nn2-c2ccccn2)CC[C@H]1N. The summed E-state index contributed by atoms with van der Waals surface area (Å²) >= 11 is 0. The highest BCUT2D eigenvalue weighted by molar-refractivity contribution is 5.23. The van der Waals surface area contributed by atoms with Crippen molar-refractivity contribution in [2.75, 3.05) is 6.61 Å². The molecular formula is C18H27N5O. The van der Waals surface area contributed by atoms with Crippen LogP contribution in [0.2, 0.25) is 0 Å². The monoisotopic (exact) mass is 329 g/mol. The summed E-state index contributed by atoms with van der Waals surface area (Å²) in [4.78, 5) is 9.22. The van der Waals surface area contributed by atoms with Gasteiger partial charge in [-0.1, -0.05) is 19.9 Å². The molecule has 0 unspecified atom stereocenters. The quantitative estimate of drug-likeness (QED) is 0.881. The van der Waals surface area contributed by atoms with Gasteiger partial charge in [0.2, 0.25) is 0 Å². The van der Waals surface area contributed by atoms with Gasteiger partial charge in [-0.3, -0.25) is 0 Å². The molecule has 0 amide bonds. The third kappa shape index (κ3) is 3.65. The van der Waals surface area contributed by atoms with E-state index in [2.05, 4.69) is 23.9 Å². The van der Waals surface area contributed by atoms with Gasteiger partial charge in [-0.25, -0.2) is 9.97 Å². The van der Waals surface area contributed by atoms with Gasteiger partial charge in [0.25, 0.3) is 0 Å². The standard InChI is InChI=1S/C18H27N5O/c1-3-11-24-15-12-13(8-9-14(15)19)18-21-16(4-2)22-23(18)17-7-5-6-10-20-17/h5-7,10,13-15H,3-4,8-9,11-12,19H2,1-2H3/t13-,14+,15+/m0/s1. The van der Waals surface area contributed by atoms with Gasteiger partial charge in [0, 0.05) is 31.2 Å². The zero-order chi connectivity index (χ0) is 16.9. The first-order valence-corrected chi connectivity index (χ1v) is 8.97. The Bertz CT molecular complexity index is 642. The largest absolute Gasteiger partial charge is 0.377 e. The molecule has 1 aliphatic carbocycles. The molecule has 24 heavy (non-hydrogen) atoms. The second-order valence-electron chi connectivity index (χ2n) is 6.42. The summed E-state index contributed by atoms with van der Waals surface area (Å²) in [5.74, 6) is 2.97. The molecule has 1 fully saturated rings. The highest BCUT2D eigenvalue weighted by Crippen LogP contribution is 2.33. The predicted octanol–water partition coefficient (Wildman–Crippen LogP) is 2.61. The Hall–Kier alpha value is -1.79. The maximum atomic E-state index is 6.26. The Morgan fingerprint density at radius 3 is 2.88 bits per heavy atom. The first kappa shape index (κ1) is 17.0. The predicted molar refractivity (Wildman–Crippen MR) is 93.1 cm³/mol. The fraction of sp³-hybridized carbons (Fsp3) is 0.611. The van der Waals surface area contributed by atoms with Crippen LogP contribution in [0.3, 0.4) is 0 Å². The molecular weight excluding hydrogens is 302 g/mol. The number of aryl methyl sites for hydroxylation is 1. The van der Waals surface area contributed by atoms with E-state index in [4.69, 9.17) is 15.5 Å². The van der Waals surface area contributed by atoms with Crippen LogP contribution in [0.25, 0.3) is 5.82 Å². The molecule has 6 heteroatoms. The second-order valence-corrected chi connectivity index (χ2v) is 6.42. The minimum Gasteiger partial charge on any atom is -0.377 e. The van der Waals surface area contributed by atoms with Crippen LogP contribution >= 0.6 is 0 Å². The molecule has 6 nitrogen and oxygen atoms in total. The number of hydrogen-bond acceptors (Lipinski definition) is 5. The Morgan fingerprint density at radius 2 is 2.17 bits per heavy atom.